The molecular formula is C24H38N4O4S. The molecule has 4 rings (SSSR count). The van der Waals surface area contributed by atoms with Gasteiger partial charge in [-0.3, -0.25) is 4.90 Å². The van der Waals surface area contributed by atoms with Crippen LogP contribution in [0.1, 0.15) is 64.9 Å². The van der Waals surface area contributed by atoms with Crippen molar-refractivity contribution in [2.45, 2.75) is 82.5 Å². The highest BCUT2D eigenvalue weighted by Gasteiger charge is 2.53. The lowest BCUT2D eigenvalue weighted by atomic mass is 9.84. The number of nitrogens with zero attached hydrogens (tertiary/aromatic N) is 3. The Labute approximate surface area is 198 Å². The molecule has 3 fully saturated rings. The van der Waals surface area contributed by atoms with E-state index in [0.717, 1.165) is 38.8 Å². The molecule has 1 saturated carbocycles. The molecule has 9 heteroatoms. The molecule has 0 aromatic heterocycles. The van der Waals surface area contributed by atoms with Crippen LogP contribution in [0.3, 0.4) is 0 Å². The Morgan fingerprint density at radius 3 is 2.30 bits per heavy atom. The van der Waals surface area contributed by atoms with Crippen LogP contribution in [0.4, 0.5) is 4.79 Å². The maximum Gasteiger partial charge on any atom is 0.410 e. The number of ether oxygens (including phenoxy) is 1. The van der Waals surface area contributed by atoms with E-state index in [1.165, 1.54) is 9.87 Å². The van der Waals surface area contributed by atoms with Gasteiger partial charge in [0.15, 0.2) is 0 Å². The van der Waals surface area contributed by atoms with Gasteiger partial charge >= 0.3 is 6.09 Å². The van der Waals surface area contributed by atoms with Gasteiger partial charge in [0.05, 0.1) is 0 Å². The summed E-state index contributed by atoms with van der Waals surface area (Å²) in [5.41, 5.74) is 0.582. The van der Waals surface area contributed by atoms with Crippen molar-refractivity contribution in [1.82, 2.24) is 14.1 Å². The van der Waals surface area contributed by atoms with Crippen molar-refractivity contribution in [3.05, 3.63) is 35.9 Å². The van der Waals surface area contributed by atoms with Gasteiger partial charge in [-0.1, -0.05) is 37.3 Å². The van der Waals surface area contributed by atoms with Crippen LogP contribution in [0.15, 0.2) is 30.3 Å². The van der Waals surface area contributed by atoms with Crippen LogP contribution in [0.2, 0.25) is 0 Å². The van der Waals surface area contributed by atoms with E-state index in [1.807, 2.05) is 31.7 Å². The average Bonchev–Trinajstić information content (AvgIpc) is 3.47. The number of amides is 1. The van der Waals surface area contributed by atoms with Gasteiger partial charge in [0.1, 0.15) is 5.60 Å². The van der Waals surface area contributed by atoms with E-state index in [1.54, 1.807) is 0 Å². The highest BCUT2D eigenvalue weighted by atomic mass is 32.2. The molecular weight excluding hydrogens is 440 g/mol. The van der Waals surface area contributed by atoms with Gasteiger partial charge in [-0.25, -0.2) is 9.93 Å². The van der Waals surface area contributed by atoms with Crippen LogP contribution in [0.5, 0.6) is 0 Å². The lowest BCUT2D eigenvalue weighted by Crippen LogP contribution is -2.72. The first-order chi connectivity index (χ1) is 15.4. The van der Waals surface area contributed by atoms with Crippen molar-refractivity contribution in [2.24, 2.45) is 5.14 Å². The van der Waals surface area contributed by atoms with Gasteiger partial charge in [0.2, 0.25) is 0 Å². The lowest BCUT2D eigenvalue weighted by Gasteiger charge is -2.56. The number of likely N-dealkylation sites (tertiary alicyclic amines) is 1. The van der Waals surface area contributed by atoms with Crippen LogP contribution in [-0.2, 0) is 14.9 Å². The molecule has 2 atom stereocenters. The molecule has 1 unspecified atom stereocenters. The van der Waals surface area contributed by atoms with Gasteiger partial charge in [-0.05, 0) is 52.0 Å². The summed E-state index contributed by atoms with van der Waals surface area (Å²) in [4.78, 5) is 17.7. The van der Waals surface area contributed by atoms with Crippen LogP contribution in [0.25, 0.3) is 0 Å². The Bertz CT molecular complexity index is 948. The van der Waals surface area contributed by atoms with Crippen molar-refractivity contribution >= 4 is 16.3 Å². The number of rotatable bonds is 6. The predicted molar refractivity (Wildman–Crippen MR) is 128 cm³/mol. The van der Waals surface area contributed by atoms with Crippen molar-refractivity contribution in [1.29, 1.82) is 0 Å². The fraction of sp³-hybridized carbons (Fsp3) is 0.708. The molecule has 1 aromatic rings. The maximum absolute atomic E-state index is 13.3. The summed E-state index contributed by atoms with van der Waals surface area (Å²) >= 11 is 0. The van der Waals surface area contributed by atoms with Gasteiger partial charge < -0.3 is 9.64 Å². The van der Waals surface area contributed by atoms with Crippen LogP contribution in [0, 0.1) is 0 Å². The first kappa shape index (κ1) is 24.4. The summed E-state index contributed by atoms with van der Waals surface area (Å²) in [5, 5.41) is 5.31. The van der Waals surface area contributed by atoms with Crippen molar-refractivity contribution in [3.63, 3.8) is 0 Å². The third kappa shape index (κ3) is 5.21. The Hall–Kier alpha value is -1.68. The molecule has 1 amide bonds. The second-order valence-electron chi connectivity index (χ2n) is 10.8. The smallest absolute Gasteiger partial charge is 0.410 e. The van der Waals surface area contributed by atoms with Crippen molar-refractivity contribution in [2.75, 3.05) is 26.2 Å². The number of nitrogens with two attached hydrogens (primary N) is 1. The maximum atomic E-state index is 13.3. The summed E-state index contributed by atoms with van der Waals surface area (Å²) in [6.45, 7) is 10.4. The van der Waals surface area contributed by atoms with Crippen molar-refractivity contribution < 1.29 is 17.9 Å². The van der Waals surface area contributed by atoms with E-state index < -0.39 is 15.8 Å². The topological polar surface area (TPSA) is 96.2 Å². The Balaban J connectivity index is 1.44. The average molecular weight is 479 g/mol. The Morgan fingerprint density at radius 2 is 1.79 bits per heavy atom. The highest BCUT2D eigenvalue weighted by molar-refractivity contribution is 7.86. The lowest BCUT2D eigenvalue weighted by molar-refractivity contribution is -0.0455. The first-order valence-corrected chi connectivity index (χ1v) is 13.5. The number of carbonyl (C=O) groups is 1. The minimum atomic E-state index is -3.64. The van der Waals surface area contributed by atoms with E-state index in [-0.39, 0.29) is 23.7 Å². The first-order valence-electron chi connectivity index (χ1n) is 12.0. The second-order valence-corrected chi connectivity index (χ2v) is 12.4. The number of hydrogen-bond acceptors (Lipinski definition) is 5. The predicted octanol–water partition coefficient (Wildman–Crippen LogP) is 2.91. The quantitative estimate of drug-likeness (QED) is 0.678. The molecule has 8 nitrogen and oxygen atoms in total. The summed E-state index contributed by atoms with van der Waals surface area (Å²) < 4.78 is 30.5. The molecule has 33 heavy (non-hydrogen) atoms. The molecule has 2 N–H and O–H groups in total. The molecule has 3 aliphatic rings. The molecule has 2 aliphatic heterocycles. The summed E-state index contributed by atoms with van der Waals surface area (Å²) in [5.74, 6) is 0.355. The minimum absolute atomic E-state index is 0.123. The standard InChI is InChI=1S/C24H38N4O4S/c1-5-24(16-27(17-24)33(25,30)31)26-13-11-19(12-14-26)28(22(29)32-23(2,3)4)21-15-20(21)18-9-7-6-8-10-18/h6-10,19-21H,5,11-17H2,1-4H3,(H2,25,30,31)/t20?,21-/m1/s1. The normalized spacial score (nSPS) is 26.5. The fourth-order valence-corrected chi connectivity index (χ4v) is 6.31. The number of carbonyl (C=O) groups excluding carboxylic acids is 1. The fourth-order valence-electron chi connectivity index (χ4n) is 5.47. The van der Waals surface area contributed by atoms with E-state index >= 15 is 0 Å². The molecule has 0 radical (unpaired) electrons. The van der Waals surface area contributed by atoms with Crippen LogP contribution in [-0.4, -0.2) is 78.0 Å². The zero-order valence-corrected chi connectivity index (χ0v) is 21.1. The van der Waals surface area contributed by atoms with Crippen LogP contribution >= 0.6 is 0 Å². The monoisotopic (exact) mass is 478 g/mol. The molecule has 1 aromatic carbocycles. The summed E-state index contributed by atoms with van der Waals surface area (Å²) in [6, 6.07) is 10.7. The zero-order valence-electron chi connectivity index (χ0n) is 20.2. The SMILES string of the molecule is CCC1(N2CCC(N(C(=O)OC(C)(C)C)[C@@H]3CC3c3ccccc3)CC2)CN(S(N)(=O)=O)C1. The molecule has 2 heterocycles. The third-order valence-electron chi connectivity index (χ3n) is 7.43. The summed E-state index contributed by atoms with van der Waals surface area (Å²) in [7, 11) is -3.64. The Morgan fingerprint density at radius 1 is 1.18 bits per heavy atom. The molecule has 184 valence electrons. The van der Waals surface area contributed by atoms with E-state index in [9.17, 15) is 13.2 Å². The minimum Gasteiger partial charge on any atom is -0.444 e. The van der Waals surface area contributed by atoms with E-state index in [2.05, 4.69) is 36.1 Å². The van der Waals surface area contributed by atoms with Gasteiger partial charge in [0.25, 0.3) is 10.2 Å². The number of piperidine rings is 1. The zero-order chi connectivity index (χ0) is 24.0. The molecule has 0 bridgehead atoms. The van der Waals surface area contributed by atoms with Crippen molar-refractivity contribution in [3.8, 4) is 0 Å². The van der Waals surface area contributed by atoms with Gasteiger partial charge in [-0.15, -0.1) is 0 Å². The number of hydrogen-bond donors (Lipinski definition) is 1. The molecule has 1 aliphatic carbocycles. The van der Waals surface area contributed by atoms with Gasteiger partial charge in [-0.2, -0.15) is 12.7 Å². The number of benzene rings is 1. The molecule has 2 saturated heterocycles. The summed E-state index contributed by atoms with van der Waals surface area (Å²) in [6.07, 6.45) is 3.32. The Kier molecular flexibility index (Phi) is 6.54. The molecule has 0 spiro atoms. The van der Waals surface area contributed by atoms with E-state index in [0.29, 0.717) is 19.0 Å². The van der Waals surface area contributed by atoms with E-state index in [4.69, 9.17) is 9.88 Å². The van der Waals surface area contributed by atoms with Crippen LogP contribution < -0.4 is 5.14 Å². The highest BCUT2D eigenvalue weighted by Crippen LogP contribution is 2.47. The third-order valence-corrected chi connectivity index (χ3v) is 8.41. The second kappa shape index (κ2) is 8.83. The van der Waals surface area contributed by atoms with Gasteiger partial charge in [0, 0.05) is 49.7 Å². The largest absolute Gasteiger partial charge is 0.444 e.